The first-order valence-electron chi connectivity index (χ1n) is 9.63. The summed E-state index contributed by atoms with van der Waals surface area (Å²) in [5.74, 6) is 3.43. The van der Waals surface area contributed by atoms with Crippen LogP contribution in [0, 0.1) is 6.92 Å². The number of hydrogen-bond donors (Lipinski definition) is 2. The number of aryl methyl sites for hydroxylation is 1. The van der Waals surface area contributed by atoms with Gasteiger partial charge in [0.2, 0.25) is 5.95 Å². The van der Waals surface area contributed by atoms with E-state index >= 15 is 0 Å². The number of rotatable bonds is 5. The number of aromatic nitrogens is 5. The highest BCUT2D eigenvalue weighted by atomic mass is 127. The molecule has 0 aromatic carbocycles. The molecule has 1 saturated heterocycles. The summed E-state index contributed by atoms with van der Waals surface area (Å²) in [5.41, 5.74) is 0. The average Bonchev–Trinajstić information content (AvgIpc) is 3.46. The minimum absolute atomic E-state index is 0. The summed E-state index contributed by atoms with van der Waals surface area (Å²) in [5, 5.41) is 15.4. The third kappa shape index (κ3) is 5.30. The topological polar surface area (TPSA) is 96.2 Å². The Kier molecular flexibility index (Phi) is 7.03. The van der Waals surface area contributed by atoms with Gasteiger partial charge in [-0.25, -0.2) is 15.0 Å². The van der Waals surface area contributed by atoms with Gasteiger partial charge in [-0.3, -0.25) is 0 Å². The van der Waals surface area contributed by atoms with Crippen molar-refractivity contribution >= 4 is 35.9 Å². The van der Waals surface area contributed by atoms with Crippen molar-refractivity contribution in [3.05, 3.63) is 30.1 Å². The maximum Gasteiger partial charge on any atom is 0.225 e. The number of piperidine rings is 1. The molecule has 1 atom stereocenters. The highest BCUT2D eigenvalue weighted by molar-refractivity contribution is 14.0. The van der Waals surface area contributed by atoms with Crippen LogP contribution in [0.3, 0.4) is 0 Å². The third-order valence-electron chi connectivity index (χ3n) is 5.08. The fourth-order valence-electron chi connectivity index (χ4n) is 3.22. The Hall–Kier alpha value is -1.98. The predicted molar refractivity (Wildman–Crippen MR) is 119 cm³/mol. The van der Waals surface area contributed by atoms with E-state index in [0.717, 1.165) is 49.5 Å². The van der Waals surface area contributed by atoms with E-state index in [-0.39, 0.29) is 24.0 Å². The van der Waals surface area contributed by atoms with Gasteiger partial charge in [-0.1, -0.05) is 0 Å². The molecule has 9 nitrogen and oxygen atoms in total. The van der Waals surface area contributed by atoms with Crippen LogP contribution in [0.25, 0.3) is 0 Å². The molecule has 0 amide bonds. The molecule has 2 aromatic heterocycles. The lowest BCUT2D eigenvalue weighted by atomic mass is 10.1. The van der Waals surface area contributed by atoms with Gasteiger partial charge in [0, 0.05) is 44.6 Å². The number of hydrogen-bond acceptors (Lipinski definition) is 6. The van der Waals surface area contributed by atoms with Crippen molar-refractivity contribution in [2.75, 3.05) is 18.0 Å². The molecule has 10 heteroatoms. The minimum Gasteiger partial charge on any atom is -0.354 e. The molecule has 0 spiro atoms. The summed E-state index contributed by atoms with van der Waals surface area (Å²) in [6.07, 6.45) is 8.22. The first kappa shape index (κ1) is 20.7. The lowest BCUT2D eigenvalue weighted by molar-refractivity contribution is 0.462. The Balaban J connectivity index is 0.00000225. The number of anilines is 1. The van der Waals surface area contributed by atoms with E-state index in [9.17, 15) is 0 Å². The van der Waals surface area contributed by atoms with Crippen molar-refractivity contribution < 1.29 is 0 Å². The maximum atomic E-state index is 4.76. The van der Waals surface area contributed by atoms with Gasteiger partial charge in [0.1, 0.15) is 12.4 Å². The van der Waals surface area contributed by atoms with Crippen LogP contribution >= 0.6 is 24.0 Å². The highest BCUT2D eigenvalue weighted by Crippen LogP contribution is 2.19. The molecule has 152 valence electrons. The van der Waals surface area contributed by atoms with Crippen LogP contribution in [-0.2, 0) is 13.6 Å². The average molecular weight is 497 g/mol. The highest BCUT2D eigenvalue weighted by Gasteiger charge is 2.26. The fraction of sp³-hybridized carbons (Fsp3) is 0.611. The molecule has 2 N–H and O–H groups in total. The smallest absolute Gasteiger partial charge is 0.225 e. The molecule has 1 aliphatic carbocycles. The number of nitrogens with one attached hydrogen (secondary N) is 2. The standard InChI is InChI=1S/C18H27N9.HI/c1-13-24-25-16(26(13)2)11-21-17(22-14-6-7-14)23-15-5-3-10-27(12-15)18-19-8-4-9-20-18;/h4,8-9,14-15H,3,5-7,10-12H2,1-2H3,(H2,21,22,23);1H. The van der Waals surface area contributed by atoms with Crippen LogP contribution in [0.2, 0.25) is 0 Å². The van der Waals surface area contributed by atoms with E-state index < -0.39 is 0 Å². The zero-order valence-corrected chi connectivity index (χ0v) is 18.7. The van der Waals surface area contributed by atoms with Crippen LogP contribution in [-0.4, -0.2) is 55.9 Å². The second kappa shape index (κ2) is 9.48. The van der Waals surface area contributed by atoms with Gasteiger partial charge < -0.3 is 20.1 Å². The molecule has 4 rings (SSSR count). The number of guanidine groups is 1. The molecular formula is C18H28IN9. The first-order valence-corrected chi connectivity index (χ1v) is 9.63. The Morgan fingerprint density at radius 3 is 2.57 bits per heavy atom. The van der Waals surface area contributed by atoms with Crippen molar-refractivity contribution in [3.8, 4) is 0 Å². The Labute approximate surface area is 182 Å². The number of nitrogens with zero attached hydrogens (tertiary/aromatic N) is 7. The quantitative estimate of drug-likeness (QED) is 0.366. The summed E-state index contributed by atoms with van der Waals surface area (Å²) in [4.78, 5) is 15.8. The Morgan fingerprint density at radius 2 is 1.89 bits per heavy atom. The molecule has 1 saturated carbocycles. The molecule has 0 bridgehead atoms. The predicted octanol–water partition coefficient (Wildman–Crippen LogP) is 1.40. The summed E-state index contributed by atoms with van der Waals surface area (Å²) in [6.45, 7) is 4.32. The number of aliphatic imine (C=N–C) groups is 1. The Bertz CT molecular complexity index is 788. The summed E-state index contributed by atoms with van der Waals surface area (Å²) in [6, 6.07) is 2.70. The molecule has 1 unspecified atom stereocenters. The lowest BCUT2D eigenvalue weighted by Crippen LogP contribution is -2.52. The maximum absolute atomic E-state index is 4.76. The van der Waals surface area contributed by atoms with E-state index in [2.05, 4.69) is 35.7 Å². The van der Waals surface area contributed by atoms with Crippen LogP contribution in [0.1, 0.15) is 37.3 Å². The van der Waals surface area contributed by atoms with Gasteiger partial charge >= 0.3 is 0 Å². The molecule has 0 radical (unpaired) electrons. The molecule has 2 aliphatic rings. The van der Waals surface area contributed by atoms with Crippen LogP contribution in [0.5, 0.6) is 0 Å². The minimum atomic E-state index is 0. The summed E-state index contributed by atoms with van der Waals surface area (Å²) < 4.78 is 1.98. The summed E-state index contributed by atoms with van der Waals surface area (Å²) in [7, 11) is 1.97. The normalized spacial score (nSPS) is 19.9. The van der Waals surface area contributed by atoms with Gasteiger partial charge in [-0.2, -0.15) is 0 Å². The van der Waals surface area contributed by atoms with Crippen LogP contribution < -0.4 is 15.5 Å². The van der Waals surface area contributed by atoms with E-state index in [1.54, 1.807) is 12.4 Å². The zero-order valence-electron chi connectivity index (χ0n) is 16.4. The van der Waals surface area contributed by atoms with Gasteiger partial charge in [0.05, 0.1) is 0 Å². The van der Waals surface area contributed by atoms with Gasteiger partial charge in [-0.05, 0) is 38.7 Å². The van der Waals surface area contributed by atoms with Crippen molar-refractivity contribution in [1.82, 2.24) is 35.4 Å². The molecule has 28 heavy (non-hydrogen) atoms. The van der Waals surface area contributed by atoms with E-state index in [1.807, 2.05) is 24.6 Å². The lowest BCUT2D eigenvalue weighted by Gasteiger charge is -2.33. The molecule has 2 fully saturated rings. The monoisotopic (exact) mass is 497 g/mol. The van der Waals surface area contributed by atoms with Crippen molar-refractivity contribution in [2.24, 2.45) is 12.0 Å². The zero-order chi connectivity index (χ0) is 18.6. The van der Waals surface area contributed by atoms with Gasteiger partial charge in [0.25, 0.3) is 0 Å². The third-order valence-corrected chi connectivity index (χ3v) is 5.08. The Morgan fingerprint density at radius 1 is 1.14 bits per heavy atom. The van der Waals surface area contributed by atoms with Crippen molar-refractivity contribution in [2.45, 2.75) is 51.2 Å². The number of halogens is 1. The van der Waals surface area contributed by atoms with Gasteiger partial charge in [-0.15, -0.1) is 34.2 Å². The van der Waals surface area contributed by atoms with E-state index in [1.165, 1.54) is 12.8 Å². The van der Waals surface area contributed by atoms with Crippen molar-refractivity contribution in [3.63, 3.8) is 0 Å². The van der Waals surface area contributed by atoms with E-state index in [4.69, 9.17) is 4.99 Å². The largest absolute Gasteiger partial charge is 0.354 e. The van der Waals surface area contributed by atoms with E-state index in [0.29, 0.717) is 18.6 Å². The fourth-order valence-corrected chi connectivity index (χ4v) is 3.22. The van der Waals surface area contributed by atoms with Crippen molar-refractivity contribution in [1.29, 1.82) is 0 Å². The molecular weight excluding hydrogens is 469 g/mol. The molecule has 3 heterocycles. The van der Waals surface area contributed by atoms with Gasteiger partial charge in [0.15, 0.2) is 11.8 Å². The second-order valence-electron chi connectivity index (χ2n) is 7.28. The molecule has 2 aromatic rings. The summed E-state index contributed by atoms with van der Waals surface area (Å²) >= 11 is 0. The molecule has 1 aliphatic heterocycles. The first-order chi connectivity index (χ1) is 13.2. The SMILES string of the molecule is Cc1nnc(CN=C(NC2CC2)NC2CCCN(c3ncccn3)C2)n1C.I. The van der Waals surface area contributed by atoms with Crippen LogP contribution in [0.4, 0.5) is 5.95 Å². The second-order valence-corrected chi connectivity index (χ2v) is 7.28. The van der Waals surface area contributed by atoms with Crippen LogP contribution in [0.15, 0.2) is 23.5 Å².